The van der Waals surface area contributed by atoms with Gasteiger partial charge in [0, 0.05) is 13.1 Å². The van der Waals surface area contributed by atoms with Gasteiger partial charge in [-0.05, 0) is 56.4 Å². The van der Waals surface area contributed by atoms with Crippen molar-refractivity contribution in [3.63, 3.8) is 0 Å². The molecule has 0 spiro atoms. The van der Waals surface area contributed by atoms with Gasteiger partial charge in [-0.25, -0.2) is 18.2 Å². The van der Waals surface area contributed by atoms with Crippen molar-refractivity contribution < 1.29 is 22.4 Å². The van der Waals surface area contributed by atoms with Crippen LogP contribution in [0.25, 0.3) is 0 Å². The van der Waals surface area contributed by atoms with Crippen molar-refractivity contribution in [2.75, 3.05) is 13.1 Å². The van der Waals surface area contributed by atoms with E-state index in [4.69, 9.17) is 9.15 Å². The molecule has 2 heterocycles. The molecule has 2 unspecified atom stereocenters. The SMILES string of the molecule is Cc1nc(COC(=O)c2ccc(S(=O)(=O)N3CC(C)CC(C)C3)cc2)oc1C. The summed E-state index contributed by atoms with van der Waals surface area (Å²) < 4.78 is 37.9. The van der Waals surface area contributed by atoms with Crippen LogP contribution in [-0.4, -0.2) is 36.8 Å². The Kier molecular flexibility index (Phi) is 5.90. The van der Waals surface area contributed by atoms with Crippen molar-refractivity contribution in [3.05, 3.63) is 47.2 Å². The van der Waals surface area contributed by atoms with Crippen LogP contribution in [0.4, 0.5) is 0 Å². The Morgan fingerprint density at radius 1 is 1.18 bits per heavy atom. The third-order valence-electron chi connectivity index (χ3n) is 4.96. The highest BCUT2D eigenvalue weighted by Gasteiger charge is 2.31. The number of aromatic nitrogens is 1. The van der Waals surface area contributed by atoms with Crippen LogP contribution in [0.15, 0.2) is 33.6 Å². The summed E-state index contributed by atoms with van der Waals surface area (Å²) in [4.78, 5) is 16.5. The van der Waals surface area contributed by atoms with E-state index in [0.717, 1.165) is 12.1 Å². The second-order valence-electron chi connectivity index (χ2n) is 7.62. The predicted octanol–water partition coefficient (Wildman–Crippen LogP) is 3.32. The van der Waals surface area contributed by atoms with Gasteiger partial charge in [-0.1, -0.05) is 13.8 Å². The minimum atomic E-state index is -3.57. The van der Waals surface area contributed by atoms with Crippen LogP contribution in [0.5, 0.6) is 0 Å². The number of hydrogen-bond acceptors (Lipinski definition) is 6. The molecule has 1 saturated heterocycles. The normalized spacial score (nSPS) is 20.9. The summed E-state index contributed by atoms with van der Waals surface area (Å²) in [7, 11) is -3.57. The maximum Gasteiger partial charge on any atom is 0.338 e. The average molecular weight is 407 g/mol. The molecule has 1 fully saturated rings. The molecule has 2 atom stereocenters. The second-order valence-corrected chi connectivity index (χ2v) is 9.56. The van der Waals surface area contributed by atoms with Gasteiger partial charge in [0.2, 0.25) is 15.9 Å². The smallest absolute Gasteiger partial charge is 0.338 e. The van der Waals surface area contributed by atoms with E-state index in [1.165, 1.54) is 28.6 Å². The number of esters is 1. The van der Waals surface area contributed by atoms with Crippen LogP contribution < -0.4 is 0 Å². The van der Waals surface area contributed by atoms with Crippen LogP contribution in [0.3, 0.4) is 0 Å². The van der Waals surface area contributed by atoms with E-state index in [0.29, 0.717) is 36.6 Å². The van der Waals surface area contributed by atoms with Crippen molar-refractivity contribution in [2.45, 2.75) is 45.6 Å². The average Bonchev–Trinajstić information content (AvgIpc) is 2.97. The van der Waals surface area contributed by atoms with E-state index < -0.39 is 16.0 Å². The molecule has 8 heteroatoms. The Balaban J connectivity index is 1.67. The van der Waals surface area contributed by atoms with E-state index in [1.807, 2.05) is 6.92 Å². The molecule has 2 aromatic rings. The number of hydrogen-bond donors (Lipinski definition) is 0. The lowest BCUT2D eigenvalue weighted by Gasteiger charge is -2.34. The Hall–Kier alpha value is -2.19. The fourth-order valence-electron chi connectivity index (χ4n) is 3.53. The molecule has 0 amide bonds. The summed E-state index contributed by atoms with van der Waals surface area (Å²) in [6, 6.07) is 5.85. The zero-order valence-corrected chi connectivity index (χ0v) is 17.5. The summed E-state index contributed by atoms with van der Waals surface area (Å²) in [6.45, 7) is 8.69. The standard InChI is InChI=1S/C20H26N2O5S/c1-13-9-14(2)11-22(10-13)28(24,25)18-7-5-17(6-8-18)20(23)26-12-19-21-15(3)16(4)27-19/h5-8,13-14H,9-12H2,1-4H3. The lowest BCUT2D eigenvalue weighted by molar-refractivity contribution is 0.0437. The molecule has 1 aromatic heterocycles. The van der Waals surface area contributed by atoms with E-state index >= 15 is 0 Å². The van der Waals surface area contributed by atoms with Crippen molar-refractivity contribution >= 4 is 16.0 Å². The molecule has 0 radical (unpaired) electrons. The third-order valence-corrected chi connectivity index (χ3v) is 6.81. The molecule has 1 aromatic carbocycles. The fourth-order valence-corrected chi connectivity index (χ4v) is 5.21. The molecular formula is C20H26N2O5S. The number of ether oxygens (including phenoxy) is 1. The van der Waals surface area contributed by atoms with Crippen LogP contribution in [0, 0.1) is 25.7 Å². The quantitative estimate of drug-likeness (QED) is 0.708. The Morgan fingerprint density at radius 3 is 2.32 bits per heavy atom. The minimum absolute atomic E-state index is 0.0723. The summed E-state index contributed by atoms with van der Waals surface area (Å²) in [5.74, 6) is 1.11. The summed E-state index contributed by atoms with van der Waals surface area (Å²) in [5.41, 5.74) is 1.03. The molecule has 0 saturated carbocycles. The molecule has 1 aliphatic heterocycles. The highest BCUT2D eigenvalue weighted by atomic mass is 32.2. The van der Waals surface area contributed by atoms with Gasteiger partial charge in [-0.2, -0.15) is 4.31 Å². The molecule has 28 heavy (non-hydrogen) atoms. The molecule has 7 nitrogen and oxygen atoms in total. The Bertz CT molecular complexity index is 920. The fraction of sp³-hybridized carbons (Fsp3) is 0.500. The maximum absolute atomic E-state index is 12.9. The van der Waals surface area contributed by atoms with Gasteiger partial charge in [0.05, 0.1) is 16.2 Å². The first-order valence-electron chi connectivity index (χ1n) is 9.37. The number of rotatable bonds is 5. The summed E-state index contributed by atoms with van der Waals surface area (Å²) in [6.07, 6.45) is 1.03. The summed E-state index contributed by atoms with van der Waals surface area (Å²) >= 11 is 0. The summed E-state index contributed by atoms with van der Waals surface area (Å²) in [5, 5.41) is 0. The molecule has 0 aliphatic carbocycles. The molecule has 0 bridgehead atoms. The van der Waals surface area contributed by atoms with Crippen LogP contribution in [0.2, 0.25) is 0 Å². The monoisotopic (exact) mass is 406 g/mol. The number of sulfonamides is 1. The lowest BCUT2D eigenvalue weighted by Crippen LogP contribution is -2.42. The van der Waals surface area contributed by atoms with Gasteiger partial charge in [0.15, 0.2) is 6.61 Å². The first-order chi connectivity index (χ1) is 13.2. The maximum atomic E-state index is 12.9. The third kappa shape index (κ3) is 4.44. The van der Waals surface area contributed by atoms with E-state index in [-0.39, 0.29) is 17.1 Å². The predicted molar refractivity (Wildman–Crippen MR) is 103 cm³/mol. The van der Waals surface area contributed by atoms with Crippen LogP contribution >= 0.6 is 0 Å². The number of carbonyl (C=O) groups is 1. The number of nitrogens with zero attached hydrogens (tertiary/aromatic N) is 2. The molecule has 3 rings (SSSR count). The first-order valence-corrected chi connectivity index (χ1v) is 10.8. The molecular weight excluding hydrogens is 380 g/mol. The van der Waals surface area contributed by atoms with Crippen molar-refractivity contribution in [1.82, 2.24) is 9.29 Å². The number of carbonyl (C=O) groups excluding carboxylic acids is 1. The largest absolute Gasteiger partial charge is 0.452 e. The molecule has 0 N–H and O–H groups in total. The topological polar surface area (TPSA) is 89.7 Å². The van der Waals surface area contributed by atoms with Gasteiger partial charge < -0.3 is 9.15 Å². The highest BCUT2D eigenvalue weighted by molar-refractivity contribution is 7.89. The first kappa shape index (κ1) is 20.5. The van der Waals surface area contributed by atoms with Crippen molar-refractivity contribution in [1.29, 1.82) is 0 Å². The van der Waals surface area contributed by atoms with Crippen molar-refractivity contribution in [3.8, 4) is 0 Å². The van der Waals surface area contributed by atoms with Gasteiger partial charge in [0.25, 0.3) is 0 Å². The molecule has 152 valence electrons. The van der Waals surface area contributed by atoms with Gasteiger partial charge in [-0.3, -0.25) is 0 Å². The number of aryl methyl sites for hydroxylation is 2. The van der Waals surface area contributed by atoms with E-state index in [1.54, 1.807) is 6.92 Å². The van der Waals surface area contributed by atoms with Gasteiger partial charge in [0.1, 0.15) is 5.76 Å². The van der Waals surface area contributed by atoms with E-state index in [2.05, 4.69) is 18.8 Å². The van der Waals surface area contributed by atoms with Crippen molar-refractivity contribution in [2.24, 2.45) is 11.8 Å². The lowest BCUT2D eigenvalue weighted by atomic mass is 9.94. The Labute approximate surface area is 165 Å². The second kappa shape index (κ2) is 8.05. The molecule has 1 aliphatic rings. The Morgan fingerprint density at radius 2 is 1.79 bits per heavy atom. The zero-order chi connectivity index (χ0) is 20.5. The highest BCUT2D eigenvalue weighted by Crippen LogP contribution is 2.26. The number of oxazole rings is 1. The van der Waals surface area contributed by atoms with Crippen LogP contribution in [0.1, 0.15) is 48.0 Å². The van der Waals surface area contributed by atoms with E-state index in [9.17, 15) is 13.2 Å². The van der Waals surface area contributed by atoms with Gasteiger partial charge >= 0.3 is 5.97 Å². The number of piperidine rings is 1. The zero-order valence-electron chi connectivity index (χ0n) is 16.6. The van der Waals surface area contributed by atoms with Gasteiger partial charge in [-0.15, -0.1) is 0 Å². The number of benzene rings is 1. The van der Waals surface area contributed by atoms with Crippen LogP contribution in [-0.2, 0) is 21.4 Å². The minimum Gasteiger partial charge on any atom is -0.452 e.